The summed E-state index contributed by atoms with van der Waals surface area (Å²) < 4.78 is 6.08. The van der Waals surface area contributed by atoms with Crippen LogP contribution < -0.4 is 0 Å². The lowest BCUT2D eigenvalue weighted by molar-refractivity contribution is -0.169. The van der Waals surface area contributed by atoms with Crippen molar-refractivity contribution in [3.63, 3.8) is 0 Å². The highest BCUT2D eigenvalue weighted by Crippen LogP contribution is 2.57. The van der Waals surface area contributed by atoms with Crippen LogP contribution in [-0.2, 0) is 15.1 Å². The van der Waals surface area contributed by atoms with Crippen LogP contribution in [0.1, 0.15) is 69.9 Å². The first-order valence-electron chi connectivity index (χ1n) is 8.45. The lowest BCUT2D eigenvalue weighted by atomic mass is 9.58. The van der Waals surface area contributed by atoms with Gasteiger partial charge in [0, 0.05) is 11.5 Å². The highest BCUT2D eigenvalue weighted by molar-refractivity contribution is 5.99. The summed E-state index contributed by atoms with van der Waals surface area (Å²) >= 11 is 0. The molecule has 1 fully saturated rings. The number of ether oxygens (including phenoxy) is 1. The zero-order valence-electron chi connectivity index (χ0n) is 14.1. The molecule has 2 aliphatic carbocycles. The maximum atomic E-state index is 12.6. The van der Waals surface area contributed by atoms with Crippen LogP contribution in [0.5, 0.6) is 0 Å². The number of rotatable bonds is 1. The Morgan fingerprint density at radius 3 is 2.70 bits per heavy atom. The minimum Gasteiger partial charge on any atom is -0.447 e. The summed E-state index contributed by atoms with van der Waals surface area (Å²) in [5, 5.41) is 13.2. The Hall–Kier alpha value is -1.84. The zero-order valence-corrected chi connectivity index (χ0v) is 14.1. The Kier molecular flexibility index (Phi) is 3.95. The van der Waals surface area contributed by atoms with Crippen LogP contribution in [0, 0.1) is 5.41 Å². The molecule has 0 aliphatic heterocycles. The molecule has 2 aliphatic rings. The van der Waals surface area contributed by atoms with Crippen LogP contribution in [0.2, 0.25) is 0 Å². The zero-order chi connectivity index (χ0) is 16.7. The highest BCUT2D eigenvalue weighted by Gasteiger charge is 2.59. The first-order chi connectivity index (χ1) is 10.9. The second kappa shape index (κ2) is 5.66. The van der Waals surface area contributed by atoms with E-state index in [-0.39, 0.29) is 11.9 Å². The number of fused-ring (bicyclic) bond motifs is 4. The van der Waals surface area contributed by atoms with Crippen LogP contribution in [-0.4, -0.2) is 16.9 Å². The summed E-state index contributed by atoms with van der Waals surface area (Å²) in [6, 6.07) is 8.06. The van der Waals surface area contributed by atoms with E-state index >= 15 is 0 Å². The molecule has 2 unspecified atom stereocenters. The van der Waals surface area contributed by atoms with E-state index in [1.54, 1.807) is 0 Å². The lowest BCUT2D eigenvalue weighted by Crippen LogP contribution is -2.54. The minimum absolute atomic E-state index is 0.0937. The van der Waals surface area contributed by atoms with Gasteiger partial charge in [0.2, 0.25) is 0 Å². The van der Waals surface area contributed by atoms with Crippen molar-refractivity contribution in [2.45, 2.75) is 64.4 Å². The summed E-state index contributed by atoms with van der Waals surface area (Å²) in [7, 11) is 0. The van der Waals surface area contributed by atoms with Crippen molar-refractivity contribution in [1.82, 2.24) is 0 Å². The van der Waals surface area contributed by atoms with Gasteiger partial charge in [-0.1, -0.05) is 42.3 Å². The standard InChI is InChI=1S/C19H25NO3/c1-18(2,3)17(21)23-19-14(13-9-7-8-11-15(13)19)10-5-4-6-12-16(19)20-22/h7-9,11,14,22H,4-6,10,12H2,1-3H3/b20-16-. The molecule has 4 heteroatoms. The summed E-state index contributed by atoms with van der Waals surface area (Å²) in [4.78, 5) is 12.6. The number of hydrogen-bond acceptors (Lipinski definition) is 4. The average Bonchev–Trinajstić information content (AvgIpc) is 2.49. The number of hydrogen-bond donors (Lipinski definition) is 1. The molecule has 4 nitrogen and oxygen atoms in total. The molecule has 0 radical (unpaired) electrons. The molecule has 0 heterocycles. The van der Waals surface area contributed by atoms with E-state index in [4.69, 9.17) is 4.74 Å². The second-order valence-corrected chi connectivity index (χ2v) is 7.66. The molecule has 1 aromatic carbocycles. The summed E-state index contributed by atoms with van der Waals surface area (Å²) in [5.74, 6) is -0.157. The molecule has 1 saturated carbocycles. The Balaban J connectivity index is 2.10. The van der Waals surface area contributed by atoms with Crippen LogP contribution in [0.4, 0.5) is 0 Å². The minimum atomic E-state index is -0.879. The Bertz CT molecular complexity index is 644. The lowest BCUT2D eigenvalue weighted by Gasteiger charge is -2.51. The quantitative estimate of drug-likeness (QED) is 0.476. The van der Waals surface area contributed by atoms with E-state index in [0.717, 1.165) is 31.2 Å². The molecule has 0 saturated heterocycles. The molecular formula is C19H25NO3. The van der Waals surface area contributed by atoms with Crippen molar-refractivity contribution < 1.29 is 14.7 Å². The predicted molar refractivity (Wildman–Crippen MR) is 88.7 cm³/mol. The highest BCUT2D eigenvalue weighted by atomic mass is 16.6. The van der Waals surface area contributed by atoms with Gasteiger partial charge < -0.3 is 9.94 Å². The number of nitrogens with zero attached hydrogens (tertiary/aromatic N) is 1. The topological polar surface area (TPSA) is 58.9 Å². The summed E-state index contributed by atoms with van der Waals surface area (Å²) in [6.45, 7) is 5.55. The molecule has 3 rings (SSSR count). The van der Waals surface area contributed by atoms with Crippen molar-refractivity contribution in [1.29, 1.82) is 0 Å². The van der Waals surface area contributed by atoms with Gasteiger partial charge in [-0.15, -0.1) is 0 Å². The Morgan fingerprint density at radius 2 is 2.00 bits per heavy atom. The third-order valence-electron chi connectivity index (χ3n) is 5.05. The van der Waals surface area contributed by atoms with Gasteiger partial charge in [0.25, 0.3) is 0 Å². The summed E-state index contributed by atoms with van der Waals surface area (Å²) in [5.41, 5.74) is 1.33. The van der Waals surface area contributed by atoms with E-state index in [1.165, 1.54) is 5.56 Å². The molecular weight excluding hydrogens is 290 g/mol. The van der Waals surface area contributed by atoms with Crippen molar-refractivity contribution in [2.24, 2.45) is 10.6 Å². The molecule has 0 spiro atoms. The number of oxime groups is 1. The average molecular weight is 315 g/mol. The first-order valence-corrected chi connectivity index (χ1v) is 8.45. The van der Waals surface area contributed by atoms with E-state index < -0.39 is 11.0 Å². The molecule has 23 heavy (non-hydrogen) atoms. The van der Waals surface area contributed by atoms with Crippen molar-refractivity contribution >= 4 is 11.7 Å². The number of benzene rings is 1. The van der Waals surface area contributed by atoms with Crippen molar-refractivity contribution in [3.8, 4) is 0 Å². The molecule has 2 atom stereocenters. The SMILES string of the molecule is CC(C)(C)C(=O)OC12/C(=N\O)CCCCCC1c1ccccc12. The van der Waals surface area contributed by atoms with Gasteiger partial charge in [0.05, 0.1) is 5.41 Å². The maximum absolute atomic E-state index is 12.6. The fraction of sp³-hybridized carbons (Fsp3) is 0.579. The molecule has 0 bridgehead atoms. The third-order valence-corrected chi connectivity index (χ3v) is 5.05. The molecule has 0 amide bonds. The van der Waals surface area contributed by atoms with Gasteiger partial charge in [-0.3, -0.25) is 4.79 Å². The number of esters is 1. The van der Waals surface area contributed by atoms with E-state index in [2.05, 4.69) is 11.2 Å². The smallest absolute Gasteiger partial charge is 0.312 e. The summed E-state index contributed by atoms with van der Waals surface area (Å²) in [6.07, 6.45) is 4.79. The van der Waals surface area contributed by atoms with Gasteiger partial charge in [-0.2, -0.15) is 0 Å². The number of carbonyl (C=O) groups is 1. The molecule has 1 N–H and O–H groups in total. The van der Waals surface area contributed by atoms with E-state index in [9.17, 15) is 10.0 Å². The van der Waals surface area contributed by atoms with Crippen LogP contribution in [0.3, 0.4) is 0 Å². The first kappa shape index (κ1) is 16.0. The fourth-order valence-corrected chi connectivity index (χ4v) is 3.80. The predicted octanol–water partition coefficient (Wildman–Crippen LogP) is 4.36. The van der Waals surface area contributed by atoms with Gasteiger partial charge in [0.15, 0.2) is 5.60 Å². The Labute approximate surface area is 137 Å². The van der Waals surface area contributed by atoms with Gasteiger partial charge in [-0.05, 0) is 45.6 Å². The van der Waals surface area contributed by atoms with E-state index in [0.29, 0.717) is 12.1 Å². The molecule has 124 valence electrons. The van der Waals surface area contributed by atoms with Gasteiger partial charge in [-0.25, -0.2) is 0 Å². The van der Waals surface area contributed by atoms with Gasteiger partial charge in [0.1, 0.15) is 5.71 Å². The van der Waals surface area contributed by atoms with E-state index in [1.807, 2.05) is 39.0 Å². The third kappa shape index (κ3) is 2.44. The largest absolute Gasteiger partial charge is 0.447 e. The number of carbonyl (C=O) groups excluding carboxylic acids is 1. The van der Waals surface area contributed by atoms with Crippen LogP contribution in [0.15, 0.2) is 29.4 Å². The van der Waals surface area contributed by atoms with Gasteiger partial charge >= 0.3 is 5.97 Å². The maximum Gasteiger partial charge on any atom is 0.312 e. The molecule has 0 aromatic heterocycles. The fourth-order valence-electron chi connectivity index (χ4n) is 3.80. The molecule has 1 aromatic rings. The van der Waals surface area contributed by atoms with Crippen molar-refractivity contribution in [3.05, 3.63) is 35.4 Å². The van der Waals surface area contributed by atoms with Crippen molar-refractivity contribution in [2.75, 3.05) is 0 Å². The normalized spacial score (nSPS) is 28.8. The Morgan fingerprint density at radius 1 is 1.26 bits per heavy atom. The monoisotopic (exact) mass is 315 g/mol. The van der Waals surface area contributed by atoms with Crippen LogP contribution >= 0.6 is 0 Å². The second-order valence-electron chi connectivity index (χ2n) is 7.66. The van der Waals surface area contributed by atoms with Crippen LogP contribution in [0.25, 0.3) is 0 Å².